The van der Waals surface area contributed by atoms with Gasteiger partial charge in [0, 0.05) is 58.3 Å². The summed E-state index contributed by atoms with van der Waals surface area (Å²) in [6, 6.07) is 5.79. The fraction of sp³-hybridized carbons (Fsp3) is 0.632. The molecule has 27 heavy (non-hydrogen) atoms. The second kappa shape index (κ2) is 8.68. The number of benzene rings is 1. The first-order valence-electron chi connectivity index (χ1n) is 9.66. The molecule has 1 aromatic rings. The van der Waals surface area contributed by atoms with Gasteiger partial charge in [0.2, 0.25) is 15.9 Å². The van der Waals surface area contributed by atoms with Gasteiger partial charge in [-0.05, 0) is 37.5 Å². The number of carbonyl (C=O) groups is 1. The number of amides is 1. The highest BCUT2D eigenvalue weighted by Gasteiger charge is 2.30. The number of sulfonamides is 1. The number of hydrogen-bond donors (Lipinski definition) is 2. The molecule has 1 aromatic carbocycles. The summed E-state index contributed by atoms with van der Waals surface area (Å²) in [6.45, 7) is 9.35. The average Bonchev–Trinajstić information content (AvgIpc) is 3.14. The van der Waals surface area contributed by atoms with Crippen molar-refractivity contribution < 1.29 is 13.2 Å². The molecule has 2 saturated heterocycles. The monoisotopic (exact) mass is 394 g/mol. The number of hydrogen-bond acceptors (Lipinski definition) is 5. The molecule has 0 aliphatic carbocycles. The van der Waals surface area contributed by atoms with Crippen LogP contribution in [0.3, 0.4) is 0 Å². The SMILES string of the molecule is Cc1ccc(C)c(S(=O)(=O)NCCC(=O)N2CCC(N3CCNCC3)C2)c1. The van der Waals surface area contributed by atoms with Crippen LogP contribution in [-0.4, -0.2) is 76.0 Å². The summed E-state index contributed by atoms with van der Waals surface area (Å²) in [7, 11) is -3.60. The van der Waals surface area contributed by atoms with Crippen molar-refractivity contribution in [3.63, 3.8) is 0 Å². The molecule has 2 N–H and O–H groups in total. The summed E-state index contributed by atoms with van der Waals surface area (Å²) >= 11 is 0. The molecule has 3 rings (SSSR count). The lowest BCUT2D eigenvalue weighted by molar-refractivity contribution is -0.130. The van der Waals surface area contributed by atoms with Crippen LogP contribution in [0.1, 0.15) is 24.0 Å². The van der Waals surface area contributed by atoms with Gasteiger partial charge in [-0.15, -0.1) is 0 Å². The van der Waals surface area contributed by atoms with E-state index >= 15 is 0 Å². The largest absolute Gasteiger partial charge is 0.341 e. The van der Waals surface area contributed by atoms with Crippen molar-refractivity contribution in [3.05, 3.63) is 29.3 Å². The van der Waals surface area contributed by atoms with Gasteiger partial charge in [-0.3, -0.25) is 9.69 Å². The molecular weight excluding hydrogens is 364 g/mol. The molecule has 1 unspecified atom stereocenters. The zero-order chi connectivity index (χ0) is 19.4. The van der Waals surface area contributed by atoms with Crippen LogP contribution in [-0.2, 0) is 14.8 Å². The van der Waals surface area contributed by atoms with Gasteiger partial charge < -0.3 is 10.2 Å². The predicted octanol–water partition coefficient (Wildman–Crippen LogP) is 0.478. The van der Waals surface area contributed by atoms with Crippen LogP contribution in [0.4, 0.5) is 0 Å². The molecule has 2 aliphatic heterocycles. The van der Waals surface area contributed by atoms with Gasteiger partial charge in [0.25, 0.3) is 0 Å². The number of aryl methyl sites for hydroxylation is 2. The lowest BCUT2D eigenvalue weighted by atomic mass is 10.2. The highest BCUT2D eigenvalue weighted by molar-refractivity contribution is 7.89. The third kappa shape index (κ3) is 5.07. The molecule has 0 spiro atoms. The third-order valence-corrected chi connectivity index (χ3v) is 7.05. The lowest BCUT2D eigenvalue weighted by Gasteiger charge is -2.32. The maximum absolute atomic E-state index is 12.5. The minimum absolute atomic E-state index is 0.0244. The maximum Gasteiger partial charge on any atom is 0.240 e. The van der Waals surface area contributed by atoms with E-state index in [1.807, 2.05) is 17.9 Å². The van der Waals surface area contributed by atoms with E-state index in [1.54, 1.807) is 19.1 Å². The molecule has 1 atom stereocenters. The second-order valence-corrected chi connectivity index (χ2v) is 9.22. The Kier molecular flexibility index (Phi) is 6.52. The quantitative estimate of drug-likeness (QED) is 0.733. The Morgan fingerprint density at radius 2 is 1.96 bits per heavy atom. The van der Waals surface area contributed by atoms with Crippen molar-refractivity contribution in [2.45, 2.75) is 37.6 Å². The Bertz CT molecular complexity index is 775. The Labute approximate surface area is 162 Å². The number of likely N-dealkylation sites (tertiary alicyclic amines) is 1. The summed E-state index contributed by atoms with van der Waals surface area (Å²) in [4.78, 5) is 17.1. The van der Waals surface area contributed by atoms with E-state index in [0.29, 0.717) is 11.6 Å². The normalized spacial score (nSPS) is 21.6. The summed E-state index contributed by atoms with van der Waals surface area (Å²) < 4.78 is 27.6. The van der Waals surface area contributed by atoms with E-state index in [1.165, 1.54) is 0 Å². The Hall–Kier alpha value is -1.48. The standard InChI is InChI=1S/C19H30N4O3S/c1-15-3-4-16(2)18(13-15)27(25,26)21-7-5-19(24)23-10-6-17(14-23)22-11-8-20-9-12-22/h3-4,13,17,20-21H,5-12,14H2,1-2H3. The molecule has 0 aromatic heterocycles. The van der Waals surface area contributed by atoms with Crippen LogP contribution in [0, 0.1) is 13.8 Å². The number of piperazine rings is 1. The highest BCUT2D eigenvalue weighted by Crippen LogP contribution is 2.18. The van der Waals surface area contributed by atoms with E-state index in [-0.39, 0.29) is 23.8 Å². The van der Waals surface area contributed by atoms with Crippen LogP contribution in [0.5, 0.6) is 0 Å². The lowest BCUT2D eigenvalue weighted by Crippen LogP contribution is -2.49. The van der Waals surface area contributed by atoms with Crippen molar-refractivity contribution in [2.24, 2.45) is 0 Å². The summed E-state index contributed by atoms with van der Waals surface area (Å²) in [5.74, 6) is 0.0244. The van der Waals surface area contributed by atoms with Gasteiger partial charge >= 0.3 is 0 Å². The molecule has 0 radical (unpaired) electrons. The molecule has 1 amide bonds. The fourth-order valence-corrected chi connectivity index (χ4v) is 5.20. The zero-order valence-electron chi connectivity index (χ0n) is 16.2. The maximum atomic E-state index is 12.5. The Balaban J connectivity index is 1.48. The second-order valence-electron chi connectivity index (χ2n) is 7.48. The van der Waals surface area contributed by atoms with E-state index in [2.05, 4.69) is 14.9 Å². The van der Waals surface area contributed by atoms with Crippen LogP contribution in [0.2, 0.25) is 0 Å². The Morgan fingerprint density at radius 1 is 1.22 bits per heavy atom. The third-order valence-electron chi connectivity index (χ3n) is 5.45. The minimum atomic E-state index is -3.60. The Morgan fingerprint density at radius 3 is 2.70 bits per heavy atom. The van der Waals surface area contributed by atoms with Gasteiger partial charge in [-0.25, -0.2) is 13.1 Å². The zero-order valence-corrected chi connectivity index (χ0v) is 17.0. The van der Waals surface area contributed by atoms with E-state index < -0.39 is 10.0 Å². The van der Waals surface area contributed by atoms with Gasteiger partial charge in [0.1, 0.15) is 0 Å². The van der Waals surface area contributed by atoms with Crippen LogP contribution < -0.4 is 10.0 Å². The summed E-state index contributed by atoms with van der Waals surface area (Å²) in [6.07, 6.45) is 1.19. The topological polar surface area (TPSA) is 81.8 Å². The highest BCUT2D eigenvalue weighted by atomic mass is 32.2. The van der Waals surface area contributed by atoms with Crippen molar-refractivity contribution in [2.75, 3.05) is 45.8 Å². The van der Waals surface area contributed by atoms with Crippen molar-refractivity contribution >= 4 is 15.9 Å². The van der Waals surface area contributed by atoms with Crippen molar-refractivity contribution in [1.29, 1.82) is 0 Å². The number of carbonyl (C=O) groups excluding carboxylic acids is 1. The molecule has 2 heterocycles. The average molecular weight is 395 g/mol. The molecular formula is C19H30N4O3S. The molecule has 2 aliphatic rings. The smallest absolute Gasteiger partial charge is 0.240 e. The van der Waals surface area contributed by atoms with Crippen LogP contribution in [0.25, 0.3) is 0 Å². The number of nitrogens with one attached hydrogen (secondary N) is 2. The van der Waals surface area contributed by atoms with E-state index in [0.717, 1.165) is 51.3 Å². The van der Waals surface area contributed by atoms with Gasteiger partial charge in [-0.2, -0.15) is 0 Å². The predicted molar refractivity (Wildman–Crippen MR) is 105 cm³/mol. The number of nitrogens with zero attached hydrogens (tertiary/aromatic N) is 2. The van der Waals surface area contributed by atoms with E-state index in [4.69, 9.17) is 0 Å². The van der Waals surface area contributed by atoms with Crippen molar-refractivity contribution in [1.82, 2.24) is 19.8 Å². The first kappa shape index (κ1) is 20.3. The molecule has 0 bridgehead atoms. The van der Waals surface area contributed by atoms with E-state index in [9.17, 15) is 13.2 Å². The van der Waals surface area contributed by atoms with Crippen molar-refractivity contribution in [3.8, 4) is 0 Å². The van der Waals surface area contributed by atoms with Crippen LogP contribution >= 0.6 is 0 Å². The van der Waals surface area contributed by atoms with Crippen LogP contribution in [0.15, 0.2) is 23.1 Å². The van der Waals surface area contributed by atoms with Gasteiger partial charge in [0.05, 0.1) is 4.90 Å². The summed E-state index contributed by atoms with van der Waals surface area (Å²) in [5, 5.41) is 3.35. The first-order chi connectivity index (χ1) is 12.9. The molecule has 0 saturated carbocycles. The van der Waals surface area contributed by atoms with Gasteiger partial charge in [-0.1, -0.05) is 12.1 Å². The number of rotatable bonds is 6. The fourth-order valence-electron chi connectivity index (χ4n) is 3.84. The minimum Gasteiger partial charge on any atom is -0.341 e. The van der Waals surface area contributed by atoms with Gasteiger partial charge in [0.15, 0.2) is 0 Å². The first-order valence-corrected chi connectivity index (χ1v) is 11.1. The molecule has 2 fully saturated rings. The molecule has 150 valence electrons. The molecule has 7 nitrogen and oxygen atoms in total. The molecule has 8 heteroatoms. The summed E-state index contributed by atoms with van der Waals surface area (Å²) in [5.41, 5.74) is 1.60.